The van der Waals surface area contributed by atoms with Gasteiger partial charge in [0.25, 0.3) is 0 Å². The number of thioether (sulfide) groups is 1. The van der Waals surface area contributed by atoms with Crippen LogP contribution in [0.5, 0.6) is 0 Å². The zero-order valence-electron chi connectivity index (χ0n) is 19.8. The van der Waals surface area contributed by atoms with Gasteiger partial charge < -0.3 is 9.32 Å². The summed E-state index contributed by atoms with van der Waals surface area (Å²) < 4.78 is 7.52. The van der Waals surface area contributed by atoms with Gasteiger partial charge in [0.05, 0.1) is 24.2 Å². The predicted octanol–water partition coefficient (Wildman–Crippen LogP) is 5.55. The summed E-state index contributed by atoms with van der Waals surface area (Å²) in [7, 11) is 0. The molecule has 0 N–H and O–H groups in total. The highest BCUT2D eigenvalue weighted by molar-refractivity contribution is 7.99. The minimum Gasteiger partial charge on any atom is -0.467 e. The summed E-state index contributed by atoms with van der Waals surface area (Å²) in [6.07, 6.45) is 5.12. The Bertz CT molecular complexity index is 1420. The highest BCUT2D eigenvalue weighted by atomic mass is 32.2. The van der Waals surface area contributed by atoms with Gasteiger partial charge in [0, 0.05) is 24.5 Å². The first-order valence-electron chi connectivity index (χ1n) is 11.6. The summed E-state index contributed by atoms with van der Waals surface area (Å²) >= 11 is 1.37. The van der Waals surface area contributed by atoms with Crippen LogP contribution in [0.2, 0.25) is 0 Å². The molecule has 2 aromatic carbocycles. The number of nitrogens with zero attached hydrogens (tertiary/aromatic N) is 5. The lowest BCUT2D eigenvalue weighted by Crippen LogP contribution is -2.31. The molecular weight excluding hydrogens is 470 g/mol. The van der Waals surface area contributed by atoms with E-state index in [1.807, 2.05) is 90.4 Å². The fourth-order valence-corrected chi connectivity index (χ4v) is 4.77. The monoisotopic (exact) mass is 495 g/mol. The molecule has 0 bridgehead atoms. The molecule has 180 valence electrons. The van der Waals surface area contributed by atoms with E-state index in [9.17, 15) is 4.79 Å². The summed E-state index contributed by atoms with van der Waals surface area (Å²) in [6, 6.07) is 25.6. The van der Waals surface area contributed by atoms with E-state index >= 15 is 0 Å². The number of benzene rings is 2. The Hall–Kier alpha value is -4.17. The highest BCUT2D eigenvalue weighted by Crippen LogP contribution is 2.29. The average molecular weight is 496 g/mol. The summed E-state index contributed by atoms with van der Waals surface area (Å²) in [5, 5.41) is 9.57. The number of para-hydroxylation sites is 1. The molecule has 36 heavy (non-hydrogen) atoms. The van der Waals surface area contributed by atoms with E-state index in [1.54, 1.807) is 23.6 Å². The molecule has 0 radical (unpaired) electrons. The summed E-state index contributed by atoms with van der Waals surface area (Å²) in [5.74, 6) is 1.63. The smallest absolute Gasteiger partial charge is 0.233 e. The number of hydrogen-bond acceptors (Lipinski definition) is 6. The molecule has 0 aliphatic heterocycles. The van der Waals surface area contributed by atoms with Gasteiger partial charge in [0.2, 0.25) is 5.91 Å². The van der Waals surface area contributed by atoms with Crippen molar-refractivity contribution < 1.29 is 9.21 Å². The molecule has 0 saturated heterocycles. The van der Waals surface area contributed by atoms with Crippen LogP contribution in [0.3, 0.4) is 0 Å². The molecule has 5 rings (SSSR count). The summed E-state index contributed by atoms with van der Waals surface area (Å²) in [4.78, 5) is 19.5. The van der Waals surface area contributed by atoms with Crippen LogP contribution in [-0.4, -0.2) is 36.3 Å². The number of carbonyl (C=O) groups excluding carboxylic acids is 1. The standard InChI is InChI=1S/C28H25N5O2S/c1-21-9-5-6-14-25(21)33-27(23-12-7-15-29-17-23)30-31-28(33)36-20-26(34)32(19-24-13-8-16-35-24)18-22-10-3-2-4-11-22/h2-17H,18-20H2,1H3. The third kappa shape index (κ3) is 5.39. The lowest BCUT2D eigenvalue weighted by molar-refractivity contribution is -0.129. The van der Waals surface area contributed by atoms with E-state index in [1.165, 1.54) is 11.8 Å². The Morgan fingerprint density at radius 3 is 2.53 bits per heavy atom. The minimum atomic E-state index is -0.0116. The molecule has 5 aromatic rings. The van der Waals surface area contributed by atoms with Crippen LogP contribution >= 0.6 is 11.8 Å². The third-order valence-electron chi connectivity index (χ3n) is 5.73. The van der Waals surface area contributed by atoms with Crippen molar-refractivity contribution in [2.45, 2.75) is 25.2 Å². The number of furan rings is 1. The van der Waals surface area contributed by atoms with Crippen LogP contribution in [0.4, 0.5) is 0 Å². The van der Waals surface area contributed by atoms with Gasteiger partial charge in [-0.3, -0.25) is 14.3 Å². The predicted molar refractivity (Wildman–Crippen MR) is 139 cm³/mol. The van der Waals surface area contributed by atoms with Gasteiger partial charge in [-0.15, -0.1) is 10.2 Å². The molecule has 1 amide bonds. The van der Waals surface area contributed by atoms with Crippen LogP contribution in [0.25, 0.3) is 17.1 Å². The maximum atomic E-state index is 13.4. The van der Waals surface area contributed by atoms with Crippen molar-refractivity contribution >= 4 is 17.7 Å². The number of hydrogen-bond donors (Lipinski definition) is 0. The molecule has 0 aliphatic rings. The molecule has 0 atom stereocenters. The van der Waals surface area contributed by atoms with Crippen molar-refractivity contribution in [1.29, 1.82) is 0 Å². The lowest BCUT2D eigenvalue weighted by atomic mass is 10.2. The van der Waals surface area contributed by atoms with E-state index < -0.39 is 0 Å². The normalized spacial score (nSPS) is 10.9. The molecule has 0 unspecified atom stereocenters. The van der Waals surface area contributed by atoms with Gasteiger partial charge in [-0.2, -0.15) is 0 Å². The van der Waals surface area contributed by atoms with Crippen molar-refractivity contribution in [3.63, 3.8) is 0 Å². The largest absolute Gasteiger partial charge is 0.467 e. The first kappa shape index (κ1) is 23.6. The number of pyridine rings is 1. The van der Waals surface area contributed by atoms with Crippen molar-refractivity contribution in [3.05, 3.63) is 114 Å². The van der Waals surface area contributed by atoms with Crippen molar-refractivity contribution in [3.8, 4) is 17.1 Å². The quantitative estimate of drug-likeness (QED) is 0.250. The number of amides is 1. The van der Waals surface area contributed by atoms with Gasteiger partial charge in [-0.25, -0.2) is 0 Å². The Labute approximate surface area is 213 Å². The lowest BCUT2D eigenvalue weighted by Gasteiger charge is -2.22. The van der Waals surface area contributed by atoms with Crippen LogP contribution in [0, 0.1) is 6.92 Å². The second kappa shape index (κ2) is 11.0. The SMILES string of the molecule is Cc1ccccc1-n1c(SCC(=O)N(Cc2ccccc2)Cc2ccco2)nnc1-c1cccnc1. The summed E-state index contributed by atoms with van der Waals surface area (Å²) in [5.41, 5.74) is 3.96. The van der Waals surface area contributed by atoms with Gasteiger partial charge in [0.15, 0.2) is 11.0 Å². The molecule has 8 heteroatoms. The third-order valence-corrected chi connectivity index (χ3v) is 6.64. The molecule has 3 heterocycles. The molecule has 3 aromatic heterocycles. The average Bonchev–Trinajstić information content (AvgIpc) is 3.58. The molecule has 0 saturated carbocycles. The minimum absolute atomic E-state index is 0.0116. The van der Waals surface area contributed by atoms with Crippen molar-refractivity contribution in [2.75, 3.05) is 5.75 Å². The van der Waals surface area contributed by atoms with Gasteiger partial charge in [-0.05, 0) is 48.4 Å². The Morgan fingerprint density at radius 1 is 0.944 bits per heavy atom. The molecule has 0 fully saturated rings. The van der Waals surface area contributed by atoms with Gasteiger partial charge in [0.1, 0.15) is 5.76 Å². The van der Waals surface area contributed by atoms with Crippen molar-refractivity contribution in [2.24, 2.45) is 0 Å². The van der Waals surface area contributed by atoms with Crippen LogP contribution in [0.15, 0.2) is 107 Å². The zero-order valence-corrected chi connectivity index (χ0v) is 20.6. The van der Waals surface area contributed by atoms with Gasteiger partial charge >= 0.3 is 0 Å². The topological polar surface area (TPSA) is 77.0 Å². The maximum absolute atomic E-state index is 13.4. The van der Waals surface area contributed by atoms with Crippen LogP contribution in [-0.2, 0) is 17.9 Å². The first-order chi connectivity index (χ1) is 17.7. The Kier molecular flexibility index (Phi) is 7.23. The Morgan fingerprint density at radius 2 is 1.78 bits per heavy atom. The van der Waals surface area contributed by atoms with E-state index in [-0.39, 0.29) is 11.7 Å². The summed E-state index contributed by atoms with van der Waals surface area (Å²) in [6.45, 7) is 2.94. The van der Waals surface area contributed by atoms with Crippen LogP contribution < -0.4 is 0 Å². The fourth-order valence-electron chi connectivity index (χ4n) is 3.92. The van der Waals surface area contributed by atoms with E-state index in [0.29, 0.717) is 24.1 Å². The molecule has 7 nitrogen and oxygen atoms in total. The second-order valence-corrected chi connectivity index (χ2v) is 9.22. The Balaban J connectivity index is 1.41. The van der Waals surface area contributed by atoms with E-state index in [2.05, 4.69) is 15.2 Å². The van der Waals surface area contributed by atoms with E-state index in [4.69, 9.17) is 4.42 Å². The first-order valence-corrected chi connectivity index (χ1v) is 12.6. The van der Waals surface area contributed by atoms with E-state index in [0.717, 1.165) is 28.1 Å². The van der Waals surface area contributed by atoms with Crippen LogP contribution in [0.1, 0.15) is 16.9 Å². The molecule has 0 aliphatic carbocycles. The highest BCUT2D eigenvalue weighted by Gasteiger charge is 2.21. The number of aromatic nitrogens is 4. The maximum Gasteiger partial charge on any atom is 0.233 e. The number of rotatable bonds is 9. The van der Waals surface area contributed by atoms with Crippen molar-refractivity contribution in [1.82, 2.24) is 24.6 Å². The molecule has 0 spiro atoms. The number of carbonyl (C=O) groups is 1. The van der Waals surface area contributed by atoms with Gasteiger partial charge in [-0.1, -0.05) is 60.3 Å². The number of aryl methyl sites for hydroxylation is 1. The second-order valence-electron chi connectivity index (χ2n) is 8.27. The molecular formula is C28H25N5O2S. The fraction of sp³-hybridized carbons (Fsp3) is 0.143. The zero-order chi connectivity index (χ0) is 24.7.